The van der Waals surface area contributed by atoms with Crippen LogP contribution in [0.5, 0.6) is 17.2 Å². The van der Waals surface area contributed by atoms with Crippen molar-refractivity contribution in [3.8, 4) is 28.4 Å². The fourth-order valence-corrected chi connectivity index (χ4v) is 6.82. The van der Waals surface area contributed by atoms with Crippen LogP contribution >= 0.6 is 11.3 Å². The minimum Gasteiger partial charge on any atom is -0.493 e. The van der Waals surface area contributed by atoms with Crippen LogP contribution in [0.2, 0.25) is 0 Å². The zero-order valence-corrected chi connectivity index (χ0v) is 25.2. The maximum Gasteiger partial charge on any atom is 0.226 e. The molecule has 0 saturated carbocycles. The highest BCUT2D eigenvalue weighted by Gasteiger charge is 2.29. The van der Waals surface area contributed by atoms with E-state index < -0.39 is 0 Å². The SMILES string of the molecule is COc1cc2c(c(OC)c1OC)-c1ccc(NCCCC(=O)Nc3nc4c(s3)CCC4)c(=O)cc1[C@@H](NC(C)=O)CC2. The number of carbonyl (C=O) groups excluding carboxylic acids is 2. The third-order valence-corrected chi connectivity index (χ3v) is 8.73. The van der Waals surface area contributed by atoms with Crippen molar-refractivity contribution in [2.24, 2.45) is 0 Å². The van der Waals surface area contributed by atoms with Gasteiger partial charge in [0.1, 0.15) is 0 Å². The maximum atomic E-state index is 13.4. The summed E-state index contributed by atoms with van der Waals surface area (Å²) >= 11 is 1.56. The largest absolute Gasteiger partial charge is 0.493 e. The lowest BCUT2D eigenvalue weighted by Crippen LogP contribution is -2.26. The summed E-state index contributed by atoms with van der Waals surface area (Å²) in [6.45, 7) is 1.90. The number of fused-ring (bicyclic) bond motifs is 4. The molecule has 0 unspecified atom stereocenters. The molecule has 3 N–H and O–H groups in total. The van der Waals surface area contributed by atoms with E-state index in [0.29, 0.717) is 65.9 Å². The van der Waals surface area contributed by atoms with E-state index in [1.54, 1.807) is 44.8 Å². The van der Waals surface area contributed by atoms with Gasteiger partial charge in [0.15, 0.2) is 16.6 Å². The number of rotatable bonds is 10. The number of amides is 2. The number of carbonyl (C=O) groups is 2. The van der Waals surface area contributed by atoms with E-state index in [4.69, 9.17) is 14.2 Å². The number of thiazole rings is 1. The first-order valence-electron chi connectivity index (χ1n) is 14.1. The van der Waals surface area contributed by atoms with Crippen LogP contribution in [-0.2, 0) is 28.9 Å². The smallest absolute Gasteiger partial charge is 0.226 e. The molecule has 2 aliphatic rings. The summed E-state index contributed by atoms with van der Waals surface area (Å²) in [5.74, 6) is 1.22. The molecule has 1 atom stereocenters. The highest BCUT2D eigenvalue weighted by atomic mass is 32.1. The molecule has 1 aromatic heterocycles. The predicted molar refractivity (Wildman–Crippen MR) is 163 cm³/mol. The highest BCUT2D eigenvalue weighted by Crippen LogP contribution is 2.50. The zero-order valence-electron chi connectivity index (χ0n) is 24.3. The van der Waals surface area contributed by atoms with E-state index in [-0.39, 0.29) is 23.3 Å². The molecule has 2 aromatic carbocycles. The zero-order chi connectivity index (χ0) is 29.8. The lowest BCUT2D eigenvalue weighted by atomic mass is 9.95. The van der Waals surface area contributed by atoms with Gasteiger partial charge in [-0.15, -0.1) is 11.3 Å². The van der Waals surface area contributed by atoms with Crippen molar-refractivity contribution < 1.29 is 23.8 Å². The van der Waals surface area contributed by atoms with Gasteiger partial charge >= 0.3 is 0 Å². The first-order valence-corrected chi connectivity index (χ1v) is 14.9. The molecule has 10 nitrogen and oxygen atoms in total. The minimum atomic E-state index is -0.379. The normalized spacial score (nSPS) is 15.0. The summed E-state index contributed by atoms with van der Waals surface area (Å²) < 4.78 is 17.1. The standard InChI is InChI=1S/C31H36N4O6S/c1-17(36)33-21-12-10-18-15-25(39-2)29(40-3)30(41-4)28(18)19-11-13-22(24(37)16-20(19)21)32-14-6-9-27(38)35-31-34-23-7-5-8-26(23)42-31/h11,13,15-16,21H,5-10,12,14H2,1-4H3,(H,32,37)(H,33,36)(H,34,35,38)/t21-/m0/s1. The molecule has 3 aromatic rings. The van der Waals surface area contributed by atoms with Crippen molar-refractivity contribution in [2.75, 3.05) is 38.5 Å². The van der Waals surface area contributed by atoms with E-state index in [2.05, 4.69) is 20.9 Å². The van der Waals surface area contributed by atoms with Crippen molar-refractivity contribution in [3.63, 3.8) is 0 Å². The van der Waals surface area contributed by atoms with E-state index in [1.165, 1.54) is 11.8 Å². The number of hydrogen-bond donors (Lipinski definition) is 3. The van der Waals surface area contributed by atoms with Crippen molar-refractivity contribution in [3.05, 3.63) is 56.2 Å². The average Bonchev–Trinajstić information content (AvgIpc) is 3.48. The second-order valence-electron chi connectivity index (χ2n) is 10.4. The number of nitrogens with one attached hydrogen (secondary N) is 3. The first kappa shape index (κ1) is 29.4. The van der Waals surface area contributed by atoms with E-state index in [0.717, 1.165) is 41.6 Å². The van der Waals surface area contributed by atoms with Gasteiger partial charge in [0, 0.05) is 30.3 Å². The molecule has 0 fully saturated rings. The van der Waals surface area contributed by atoms with Crippen LogP contribution in [0, 0.1) is 0 Å². The van der Waals surface area contributed by atoms with Crippen molar-refractivity contribution >= 4 is 34.0 Å². The lowest BCUT2D eigenvalue weighted by molar-refractivity contribution is -0.119. The molecule has 0 saturated heterocycles. The molecule has 11 heteroatoms. The summed E-state index contributed by atoms with van der Waals surface area (Å²) in [4.78, 5) is 43.8. The average molecular weight is 593 g/mol. The third-order valence-electron chi connectivity index (χ3n) is 7.65. The Kier molecular flexibility index (Phi) is 8.96. The number of aryl methyl sites for hydroxylation is 3. The Bertz CT molecular complexity index is 1550. The molecule has 5 rings (SSSR count). The Morgan fingerprint density at radius 2 is 1.86 bits per heavy atom. The fourth-order valence-electron chi connectivity index (χ4n) is 5.75. The van der Waals surface area contributed by atoms with Crippen LogP contribution in [0.25, 0.3) is 11.1 Å². The molecule has 0 bridgehead atoms. The second kappa shape index (κ2) is 12.8. The van der Waals surface area contributed by atoms with Crippen LogP contribution in [0.1, 0.15) is 60.3 Å². The van der Waals surface area contributed by atoms with Gasteiger partial charge in [-0.05, 0) is 73.4 Å². The molecule has 0 aliphatic heterocycles. The first-order chi connectivity index (χ1) is 20.3. The van der Waals surface area contributed by atoms with Gasteiger partial charge in [0.25, 0.3) is 0 Å². The van der Waals surface area contributed by atoms with Gasteiger partial charge in [-0.3, -0.25) is 14.4 Å². The summed E-state index contributed by atoms with van der Waals surface area (Å²) in [7, 11) is 4.70. The molecule has 2 aliphatic carbocycles. The number of methoxy groups -OCH3 is 3. The summed E-state index contributed by atoms with van der Waals surface area (Å²) in [6, 6.07) is 6.74. The molecular formula is C31H36N4O6S. The number of ether oxygens (including phenoxy) is 3. The van der Waals surface area contributed by atoms with Gasteiger partial charge in [0.05, 0.1) is 38.8 Å². The topological polar surface area (TPSA) is 128 Å². The monoisotopic (exact) mass is 592 g/mol. The number of aromatic nitrogens is 1. The highest BCUT2D eigenvalue weighted by molar-refractivity contribution is 7.15. The Morgan fingerprint density at radius 1 is 1.05 bits per heavy atom. The third kappa shape index (κ3) is 6.06. The number of hydrogen-bond acceptors (Lipinski definition) is 9. The van der Waals surface area contributed by atoms with E-state index in [9.17, 15) is 14.4 Å². The van der Waals surface area contributed by atoms with Crippen LogP contribution in [-0.4, -0.2) is 44.7 Å². The number of benzene rings is 1. The molecule has 0 radical (unpaired) electrons. The second-order valence-corrected chi connectivity index (χ2v) is 11.5. The summed E-state index contributed by atoms with van der Waals surface area (Å²) in [5.41, 5.74) is 4.52. The molecule has 222 valence electrons. The van der Waals surface area contributed by atoms with Gasteiger partial charge in [0.2, 0.25) is 23.0 Å². The number of anilines is 2. The van der Waals surface area contributed by atoms with Gasteiger partial charge < -0.3 is 30.2 Å². The molecule has 2 amide bonds. The summed E-state index contributed by atoms with van der Waals surface area (Å²) in [5, 5.41) is 9.78. The van der Waals surface area contributed by atoms with E-state index >= 15 is 0 Å². The minimum absolute atomic E-state index is 0.0943. The van der Waals surface area contributed by atoms with Crippen LogP contribution in [0.15, 0.2) is 29.1 Å². The van der Waals surface area contributed by atoms with Crippen LogP contribution < -0.4 is 35.6 Å². The van der Waals surface area contributed by atoms with Crippen molar-refractivity contribution in [1.29, 1.82) is 0 Å². The molecule has 1 heterocycles. The van der Waals surface area contributed by atoms with Gasteiger partial charge in [-0.25, -0.2) is 4.98 Å². The van der Waals surface area contributed by atoms with Crippen molar-refractivity contribution in [2.45, 2.75) is 57.9 Å². The van der Waals surface area contributed by atoms with Crippen LogP contribution in [0.3, 0.4) is 0 Å². The molecule has 0 spiro atoms. The number of nitrogens with zero attached hydrogens (tertiary/aromatic N) is 1. The molecular weight excluding hydrogens is 556 g/mol. The Balaban J connectivity index is 1.39. The fraction of sp³-hybridized carbons (Fsp3) is 0.419. The molecule has 42 heavy (non-hydrogen) atoms. The Hall–Kier alpha value is -4.12. The predicted octanol–water partition coefficient (Wildman–Crippen LogP) is 4.64. The van der Waals surface area contributed by atoms with Crippen molar-refractivity contribution in [1.82, 2.24) is 10.3 Å². The quantitative estimate of drug-likeness (QED) is 0.291. The van der Waals surface area contributed by atoms with E-state index in [1.807, 2.05) is 12.1 Å². The maximum absolute atomic E-state index is 13.4. The Labute approximate surface area is 248 Å². The summed E-state index contributed by atoms with van der Waals surface area (Å²) in [6.07, 6.45) is 5.20. The van der Waals surface area contributed by atoms with Gasteiger partial charge in [-0.2, -0.15) is 0 Å². The van der Waals surface area contributed by atoms with Crippen LogP contribution in [0.4, 0.5) is 10.8 Å². The van der Waals surface area contributed by atoms with Gasteiger partial charge in [-0.1, -0.05) is 6.07 Å². The Morgan fingerprint density at radius 3 is 2.57 bits per heavy atom. The lowest BCUT2D eigenvalue weighted by Gasteiger charge is -2.19.